The maximum absolute atomic E-state index is 4.40. The van der Waals surface area contributed by atoms with Crippen molar-refractivity contribution in [2.45, 2.75) is 6.54 Å². The summed E-state index contributed by atoms with van der Waals surface area (Å²) in [5.41, 5.74) is 2.31. The minimum Gasteiger partial charge on any atom is -0.341 e. The summed E-state index contributed by atoms with van der Waals surface area (Å²) in [7, 11) is 1.94. The molecule has 17 heavy (non-hydrogen) atoms. The first-order valence-electron chi connectivity index (χ1n) is 5.45. The van der Waals surface area contributed by atoms with Crippen LogP contribution >= 0.6 is 15.9 Å². The molecule has 3 rings (SSSR count). The third-order valence-corrected chi connectivity index (χ3v) is 3.33. The number of benzene rings is 1. The Labute approximate surface area is 108 Å². The zero-order valence-electron chi connectivity index (χ0n) is 9.47. The third kappa shape index (κ3) is 2.00. The Hall–Kier alpha value is -1.55. The van der Waals surface area contributed by atoms with Crippen molar-refractivity contribution in [1.29, 1.82) is 0 Å². The van der Waals surface area contributed by atoms with Crippen molar-refractivity contribution in [2.75, 3.05) is 0 Å². The molecule has 0 spiro atoms. The van der Waals surface area contributed by atoms with Crippen LogP contribution in [0, 0.1) is 0 Å². The van der Waals surface area contributed by atoms with E-state index in [1.807, 2.05) is 24.0 Å². The Kier molecular flexibility index (Phi) is 2.52. The van der Waals surface area contributed by atoms with E-state index in [1.54, 1.807) is 0 Å². The molecule has 0 aliphatic carbocycles. The summed E-state index contributed by atoms with van der Waals surface area (Å²) < 4.78 is 5.16. The number of nitrogens with zero attached hydrogens (tertiary/aromatic N) is 3. The van der Waals surface area contributed by atoms with Crippen LogP contribution in [0.15, 0.2) is 47.2 Å². The van der Waals surface area contributed by atoms with E-state index >= 15 is 0 Å². The maximum atomic E-state index is 4.40. The molecule has 0 N–H and O–H groups in total. The second-order valence-electron chi connectivity index (χ2n) is 4.13. The summed E-state index contributed by atoms with van der Waals surface area (Å²) in [5, 5.41) is 5.64. The van der Waals surface area contributed by atoms with Crippen LogP contribution in [0.4, 0.5) is 0 Å². The molecule has 0 aliphatic heterocycles. The van der Waals surface area contributed by atoms with Gasteiger partial charge in [-0.15, -0.1) is 0 Å². The third-order valence-electron chi connectivity index (χ3n) is 2.83. The molecule has 4 heteroatoms. The molecule has 0 amide bonds. The van der Waals surface area contributed by atoms with Gasteiger partial charge in [0.2, 0.25) is 0 Å². The van der Waals surface area contributed by atoms with Crippen LogP contribution in [0.25, 0.3) is 10.9 Å². The molecule has 86 valence electrons. The molecule has 0 radical (unpaired) electrons. The lowest BCUT2D eigenvalue weighted by atomic mass is 10.2. The first-order chi connectivity index (χ1) is 8.22. The monoisotopic (exact) mass is 289 g/mol. The average molecular weight is 290 g/mol. The molecule has 1 aromatic carbocycles. The molecule has 0 unspecified atom stereocenters. The van der Waals surface area contributed by atoms with Crippen molar-refractivity contribution in [2.24, 2.45) is 7.05 Å². The Bertz CT molecular complexity index is 666. The lowest BCUT2D eigenvalue weighted by Gasteiger charge is -2.02. The lowest BCUT2D eigenvalue weighted by Crippen LogP contribution is -1.99. The van der Waals surface area contributed by atoms with Gasteiger partial charge in [-0.1, -0.05) is 15.9 Å². The van der Waals surface area contributed by atoms with Crippen LogP contribution in [0.5, 0.6) is 0 Å². The summed E-state index contributed by atoms with van der Waals surface area (Å²) in [5.74, 6) is 0. The van der Waals surface area contributed by atoms with Crippen LogP contribution in [-0.4, -0.2) is 14.3 Å². The standard InChI is InChI=1S/C13H12BrN3/c1-16-6-5-12(15-16)9-17-7-4-10-8-11(14)2-3-13(10)17/h2-8H,9H2,1H3. The first kappa shape index (κ1) is 10.6. The van der Waals surface area contributed by atoms with E-state index in [0.717, 1.165) is 16.7 Å². The quantitative estimate of drug-likeness (QED) is 0.710. The van der Waals surface area contributed by atoms with E-state index in [0.29, 0.717) is 0 Å². The van der Waals surface area contributed by atoms with Crippen LogP contribution in [0.2, 0.25) is 0 Å². The summed E-state index contributed by atoms with van der Waals surface area (Å²) in [6, 6.07) is 10.5. The molecular formula is C13H12BrN3. The summed E-state index contributed by atoms with van der Waals surface area (Å²) in [6.45, 7) is 0.811. The van der Waals surface area contributed by atoms with Crippen molar-refractivity contribution in [3.8, 4) is 0 Å². The molecule has 0 aliphatic rings. The number of rotatable bonds is 2. The van der Waals surface area contributed by atoms with Gasteiger partial charge in [0.25, 0.3) is 0 Å². The highest BCUT2D eigenvalue weighted by molar-refractivity contribution is 9.10. The number of fused-ring (bicyclic) bond motifs is 1. The van der Waals surface area contributed by atoms with E-state index in [-0.39, 0.29) is 0 Å². The fourth-order valence-corrected chi connectivity index (χ4v) is 2.41. The Morgan fingerprint density at radius 1 is 1.18 bits per heavy atom. The van der Waals surface area contributed by atoms with Gasteiger partial charge in [-0.3, -0.25) is 4.68 Å². The van der Waals surface area contributed by atoms with Crippen molar-refractivity contribution in [3.05, 3.63) is 52.9 Å². The Balaban J connectivity index is 2.00. The number of aromatic nitrogens is 3. The first-order valence-corrected chi connectivity index (χ1v) is 6.24. The van der Waals surface area contributed by atoms with Crippen LogP contribution in [0.3, 0.4) is 0 Å². The fraction of sp³-hybridized carbons (Fsp3) is 0.154. The van der Waals surface area contributed by atoms with Crippen LogP contribution in [-0.2, 0) is 13.6 Å². The number of hydrogen-bond acceptors (Lipinski definition) is 1. The largest absolute Gasteiger partial charge is 0.341 e. The van der Waals surface area contributed by atoms with E-state index in [2.05, 4.69) is 56.1 Å². The highest BCUT2D eigenvalue weighted by Gasteiger charge is 2.03. The van der Waals surface area contributed by atoms with Crippen LogP contribution in [0.1, 0.15) is 5.69 Å². The molecule has 0 fully saturated rings. The van der Waals surface area contributed by atoms with Gasteiger partial charge in [0.1, 0.15) is 0 Å². The van der Waals surface area contributed by atoms with Gasteiger partial charge in [-0.2, -0.15) is 5.10 Å². The number of hydrogen-bond donors (Lipinski definition) is 0. The highest BCUT2D eigenvalue weighted by atomic mass is 79.9. The maximum Gasteiger partial charge on any atom is 0.0821 e. The molecule has 3 nitrogen and oxygen atoms in total. The van der Waals surface area contributed by atoms with Crippen molar-refractivity contribution < 1.29 is 0 Å². The SMILES string of the molecule is Cn1ccc(Cn2ccc3cc(Br)ccc32)n1. The van der Waals surface area contributed by atoms with Crippen molar-refractivity contribution in [1.82, 2.24) is 14.3 Å². The summed E-state index contributed by atoms with van der Waals surface area (Å²) in [4.78, 5) is 0. The minimum absolute atomic E-state index is 0.811. The smallest absolute Gasteiger partial charge is 0.0821 e. The molecule has 2 heterocycles. The van der Waals surface area contributed by atoms with Gasteiger partial charge in [0.15, 0.2) is 0 Å². The van der Waals surface area contributed by atoms with E-state index in [9.17, 15) is 0 Å². The number of aryl methyl sites for hydroxylation is 1. The van der Waals surface area contributed by atoms with Gasteiger partial charge >= 0.3 is 0 Å². The van der Waals surface area contributed by atoms with Crippen molar-refractivity contribution >= 4 is 26.8 Å². The normalized spacial score (nSPS) is 11.2. The zero-order valence-corrected chi connectivity index (χ0v) is 11.1. The van der Waals surface area contributed by atoms with Gasteiger partial charge in [0, 0.05) is 34.8 Å². The molecule has 3 aromatic rings. The Morgan fingerprint density at radius 2 is 2.06 bits per heavy atom. The predicted octanol–water partition coefficient (Wildman–Crippen LogP) is 3.19. The molecule has 2 aromatic heterocycles. The molecule has 0 saturated carbocycles. The molecule has 0 bridgehead atoms. The lowest BCUT2D eigenvalue weighted by molar-refractivity contribution is 0.716. The zero-order chi connectivity index (χ0) is 11.8. The Morgan fingerprint density at radius 3 is 2.82 bits per heavy atom. The fourth-order valence-electron chi connectivity index (χ4n) is 2.03. The molecule has 0 saturated heterocycles. The van der Waals surface area contributed by atoms with E-state index in [4.69, 9.17) is 0 Å². The highest BCUT2D eigenvalue weighted by Crippen LogP contribution is 2.21. The minimum atomic E-state index is 0.811. The van der Waals surface area contributed by atoms with Gasteiger partial charge in [-0.05, 0) is 30.3 Å². The molecular weight excluding hydrogens is 278 g/mol. The number of halogens is 1. The van der Waals surface area contributed by atoms with Gasteiger partial charge in [-0.25, -0.2) is 0 Å². The second-order valence-corrected chi connectivity index (χ2v) is 5.04. The van der Waals surface area contributed by atoms with Crippen molar-refractivity contribution in [3.63, 3.8) is 0 Å². The van der Waals surface area contributed by atoms with Crippen LogP contribution < -0.4 is 0 Å². The summed E-state index contributed by atoms with van der Waals surface area (Å²) in [6.07, 6.45) is 4.07. The van der Waals surface area contributed by atoms with Gasteiger partial charge < -0.3 is 4.57 Å². The van der Waals surface area contributed by atoms with E-state index < -0.39 is 0 Å². The predicted molar refractivity (Wildman–Crippen MR) is 71.9 cm³/mol. The van der Waals surface area contributed by atoms with Gasteiger partial charge in [0.05, 0.1) is 12.2 Å². The average Bonchev–Trinajstić information content (AvgIpc) is 2.86. The molecule has 0 atom stereocenters. The summed E-state index contributed by atoms with van der Waals surface area (Å²) >= 11 is 3.49. The van der Waals surface area contributed by atoms with E-state index in [1.165, 1.54) is 10.9 Å². The topological polar surface area (TPSA) is 22.8 Å². The second kappa shape index (κ2) is 4.04.